The van der Waals surface area contributed by atoms with Gasteiger partial charge in [0.15, 0.2) is 0 Å². The van der Waals surface area contributed by atoms with Crippen LogP contribution in [0.25, 0.3) is 0 Å². The summed E-state index contributed by atoms with van der Waals surface area (Å²) in [5.74, 6) is 0.920. The molecule has 1 aromatic heterocycles. The van der Waals surface area contributed by atoms with Crippen LogP contribution in [0.2, 0.25) is 0 Å². The second-order valence-electron chi connectivity index (χ2n) is 3.24. The molecule has 0 fully saturated rings. The quantitative estimate of drug-likeness (QED) is 0.642. The highest BCUT2D eigenvalue weighted by Gasteiger charge is 2.23. The summed E-state index contributed by atoms with van der Waals surface area (Å²) in [7, 11) is 0. The monoisotopic (exact) mass is 200 g/mol. The van der Waals surface area contributed by atoms with E-state index in [-0.39, 0.29) is 0 Å². The van der Waals surface area contributed by atoms with Crippen molar-refractivity contribution in [2.75, 3.05) is 6.61 Å². The number of fused-ring (bicyclic) bond motifs is 1. The summed E-state index contributed by atoms with van der Waals surface area (Å²) >= 11 is 5.35. The molecular formula is C8H9ClN2O2. The van der Waals surface area contributed by atoms with E-state index in [1.165, 1.54) is 6.20 Å². The third-order valence-corrected chi connectivity index (χ3v) is 2.20. The Bertz CT molecular complexity index is 348. The van der Waals surface area contributed by atoms with Crippen molar-refractivity contribution >= 4 is 16.8 Å². The Morgan fingerprint density at radius 2 is 2.62 bits per heavy atom. The molecule has 1 aliphatic rings. The van der Waals surface area contributed by atoms with E-state index < -0.39 is 5.24 Å². The van der Waals surface area contributed by atoms with Crippen molar-refractivity contribution in [1.82, 2.24) is 9.78 Å². The van der Waals surface area contributed by atoms with E-state index in [9.17, 15) is 4.79 Å². The highest BCUT2D eigenvalue weighted by atomic mass is 35.5. The lowest BCUT2D eigenvalue weighted by Crippen LogP contribution is -2.23. The molecule has 0 unspecified atom stereocenters. The van der Waals surface area contributed by atoms with Gasteiger partial charge in [-0.2, -0.15) is 5.10 Å². The number of halogens is 1. The fourth-order valence-corrected chi connectivity index (χ4v) is 1.49. The van der Waals surface area contributed by atoms with Gasteiger partial charge in [-0.3, -0.25) is 4.79 Å². The number of hydrogen-bond donors (Lipinski definition) is 0. The molecule has 2 rings (SSSR count). The molecule has 0 saturated carbocycles. The third-order valence-electron chi connectivity index (χ3n) is 1.99. The van der Waals surface area contributed by atoms with Crippen LogP contribution in [-0.4, -0.2) is 21.6 Å². The van der Waals surface area contributed by atoms with Crippen LogP contribution >= 0.6 is 11.6 Å². The van der Waals surface area contributed by atoms with Crippen molar-refractivity contribution in [3.63, 3.8) is 0 Å². The van der Waals surface area contributed by atoms with Gasteiger partial charge in [0.05, 0.1) is 19.3 Å². The van der Waals surface area contributed by atoms with E-state index in [4.69, 9.17) is 16.3 Å². The van der Waals surface area contributed by atoms with E-state index >= 15 is 0 Å². The van der Waals surface area contributed by atoms with E-state index in [1.54, 1.807) is 4.68 Å². The minimum atomic E-state index is -0.518. The third kappa shape index (κ3) is 1.42. The molecule has 0 radical (unpaired) electrons. The highest BCUT2D eigenvalue weighted by Crippen LogP contribution is 2.25. The molecule has 0 amide bonds. The van der Waals surface area contributed by atoms with Gasteiger partial charge in [-0.05, 0) is 11.6 Å². The number of hydrogen-bond acceptors (Lipinski definition) is 3. The number of carbonyl (C=O) groups excluding carboxylic acids is 1. The molecule has 1 atom stereocenters. The summed E-state index contributed by atoms with van der Waals surface area (Å²) < 4.78 is 7.03. The molecule has 0 aromatic carbocycles. The average Bonchev–Trinajstić information content (AvgIpc) is 2.46. The Labute approximate surface area is 80.4 Å². The van der Waals surface area contributed by atoms with Gasteiger partial charge in [0.2, 0.25) is 5.88 Å². The summed E-state index contributed by atoms with van der Waals surface area (Å²) in [5, 5.41) is 3.50. The first-order chi connectivity index (χ1) is 6.18. The second kappa shape index (κ2) is 3.03. The lowest BCUT2D eigenvalue weighted by Gasteiger charge is -2.20. The summed E-state index contributed by atoms with van der Waals surface area (Å²) in [6.45, 7) is 3.45. The van der Waals surface area contributed by atoms with E-state index in [0.717, 1.165) is 6.54 Å². The minimum absolute atomic E-state index is 0.355. The van der Waals surface area contributed by atoms with Gasteiger partial charge >= 0.3 is 0 Å². The van der Waals surface area contributed by atoms with Crippen LogP contribution in [0.15, 0.2) is 6.20 Å². The van der Waals surface area contributed by atoms with Gasteiger partial charge < -0.3 is 4.74 Å². The zero-order chi connectivity index (χ0) is 9.42. The fraction of sp³-hybridized carbons (Fsp3) is 0.500. The van der Waals surface area contributed by atoms with E-state index in [2.05, 4.69) is 12.0 Å². The summed E-state index contributed by atoms with van der Waals surface area (Å²) in [5.41, 5.74) is 0.355. The van der Waals surface area contributed by atoms with Crippen molar-refractivity contribution in [1.29, 1.82) is 0 Å². The Morgan fingerprint density at radius 1 is 1.85 bits per heavy atom. The Hall–Kier alpha value is -1.03. The molecule has 5 heteroatoms. The van der Waals surface area contributed by atoms with Crippen molar-refractivity contribution in [3.8, 4) is 5.88 Å². The molecular weight excluding hydrogens is 192 g/mol. The maximum atomic E-state index is 10.9. The largest absolute Gasteiger partial charge is 0.477 e. The van der Waals surface area contributed by atoms with Gasteiger partial charge in [-0.15, -0.1) is 0 Å². The van der Waals surface area contributed by atoms with Crippen molar-refractivity contribution < 1.29 is 9.53 Å². The first-order valence-electron chi connectivity index (χ1n) is 4.07. The van der Waals surface area contributed by atoms with Crippen LogP contribution in [0.3, 0.4) is 0 Å². The molecule has 0 saturated heterocycles. The zero-order valence-electron chi connectivity index (χ0n) is 7.16. The van der Waals surface area contributed by atoms with Crippen molar-refractivity contribution in [2.45, 2.75) is 13.5 Å². The molecule has 1 aliphatic heterocycles. The van der Waals surface area contributed by atoms with Crippen LogP contribution in [-0.2, 0) is 6.54 Å². The van der Waals surface area contributed by atoms with Crippen LogP contribution in [0.1, 0.15) is 17.3 Å². The fourth-order valence-electron chi connectivity index (χ4n) is 1.36. The molecule has 1 aromatic rings. The Morgan fingerprint density at radius 3 is 3.31 bits per heavy atom. The first kappa shape index (κ1) is 8.56. The maximum Gasteiger partial charge on any atom is 0.259 e. The van der Waals surface area contributed by atoms with Crippen LogP contribution < -0.4 is 4.74 Å². The van der Waals surface area contributed by atoms with Gasteiger partial charge in [0, 0.05) is 5.92 Å². The van der Waals surface area contributed by atoms with Crippen LogP contribution in [0.4, 0.5) is 0 Å². The topological polar surface area (TPSA) is 44.1 Å². The summed E-state index contributed by atoms with van der Waals surface area (Å²) in [4.78, 5) is 10.9. The van der Waals surface area contributed by atoms with E-state index in [0.29, 0.717) is 24.0 Å². The average molecular weight is 201 g/mol. The van der Waals surface area contributed by atoms with Gasteiger partial charge in [0.25, 0.3) is 5.24 Å². The zero-order valence-corrected chi connectivity index (χ0v) is 7.91. The number of nitrogens with zero attached hydrogens (tertiary/aromatic N) is 2. The smallest absolute Gasteiger partial charge is 0.259 e. The molecule has 2 heterocycles. The molecule has 13 heavy (non-hydrogen) atoms. The molecule has 0 N–H and O–H groups in total. The van der Waals surface area contributed by atoms with Gasteiger partial charge in [-0.25, -0.2) is 4.68 Å². The lowest BCUT2D eigenvalue weighted by molar-refractivity contribution is 0.107. The highest BCUT2D eigenvalue weighted by molar-refractivity contribution is 6.68. The molecule has 0 aliphatic carbocycles. The molecule has 4 nitrogen and oxygen atoms in total. The van der Waals surface area contributed by atoms with Crippen molar-refractivity contribution in [3.05, 3.63) is 11.8 Å². The van der Waals surface area contributed by atoms with Crippen molar-refractivity contribution in [2.24, 2.45) is 5.92 Å². The normalized spacial score (nSPS) is 20.6. The first-order valence-corrected chi connectivity index (χ1v) is 4.44. The summed E-state index contributed by atoms with van der Waals surface area (Å²) in [6, 6.07) is 0. The maximum absolute atomic E-state index is 10.9. The SMILES string of the molecule is C[C@H]1COc2c(C(=O)Cl)cnn2C1. The Kier molecular flexibility index (Phi) is 2.00. The van der Waals surface area contributed by atoms with Crippen LogP contribution in [0.5, 0.6) is 5.88 Å². The van der Waals surface area contributed by atoms with Gasteiger partial charge in [0.1, 0.15) is 5.56 Å². The second-order valence-corrected chi connectivity index (χ2v) is 3.58. The molecule has 70 valence electrons. The predicted molar refractivity (Wildman–Crippen MR) is 47.1 cm³/mol. The minimum Gasteiger partial charge on any atom is -0.477 e. The number of aromatic nitrogens is 2. The summed E-state index contributed by atoms with van der Waals surface area (Å²) in [6.07, 6.45) is 1.45. The van der Waals surface area contributed by atoms with Gasteiger partial charge in [-0.1, -0.05) is 6.92 Å². The predicted octanol–water partition coefficient (Wildman–Crippen LogP) is 1.29. The number of rotatable bonds is 1. The van der Waals surface area contributed by atoms with E-state index in [1.807, 2.05) is 0 Å². The molecule has 0 bridgehead atoms. The lowest BCUT2D eigenvalue weighted by atomic mass is 10.2. The standard InChI is InChI=1S/C8H9ClN2O2/c1-5-3-11-8(13-4-5)6(2-10-11)7(9)12/h2,5H,3-4H2,1H3/t5-/m1/s1. The van der Waals surface area contributed by atoms with Crippen LogP contribution in [0, 0.1) is 5.92 Å². The molecule has 0 spiro atoms. The Balaban J connectivity index is 2.39. The number of ether oxygens (including phenoxy) is 1. The number of carbonyl (C=O) groups is 1.